The van der Waals surface area contributed by atoms with Gasteiger partial charge < -0.3 is 5.32 Å². The molecule has 0 radical (unpaired) electrons. The van der Waals surface area contributed by atoms with Crippen molar-refractivity contribution in [2.24, 2.45) is 0 Å². The molecule has 2 aromatic heterocycles. The number of fused-ring (bicyclic) bond motifs is 1. The Morgan fingerprint density at radius 2 is 1.79 bits per heavy atom. The number of nitrogens with zero attached hydrogens (tertiary/aromatic N) is 4. The SMILES string of the molecule is CC(C(=O)N[C@@H](C)c1nc2cc(-c3ccccc3F)ncn2n1)c1ccccc1. The number of halogens is 1. The van der Waals surface area contributed by atoms with Gasteiger partial charge in [0, 0.05) is 11.6 Å². The van der Waals surface area contributed by atoms with E-state index in [2.05, 4.69) is 20.4 Å². The predicted molar refractivity (Wildman–Crippen MR) is 108 cm³/mol. The minimum Gasteiger partial charge on any atom is -0.346 e. The Hall–Kier alpha value is -3.61. The van der Waals surface area contributed by atoms with E-state index in [4.69, 9.17) is 0 Å². The highest BCUT2D eigenvalue weighted by Gasteiger charge is 2.20. The van der Waals surface area contributed by atoms with Crippen molar-refractivity contribution in [1.82, 2.24) is 24.9 Å². The number of nitrogens with one attached hydrogen (secondary N) is 1. The highest BCUT2D eigenvalue weighted by molar-refractivity contribution is 5.83. The first kappa shape index (κ1) is 18.7. The minimum atomic E-state index is -0.384. The van der Waals surface area contributed by atoms with E-state index >= 15 is 0 Å². The van der Waals surface area contributed by atoms with Gasteiger partial charge in [0.15, 0.2) is 11.5 Å². The quantitative estimate of drug-likeness (QED) is 0.562. The summed E-state index contributed by atoms with van der Waals surface area (Å²) in [4.78, 5) is 21.4. The second-order valence-corrected chi connectivity index (χ2v) is 6.89. The molecule has 7 heteroatoms. The smallest absolute Gasteiger partial charge is 0.227 e. The summed E-state index contributed by atoms with van der Waals surface area (Å²) >= 11 is 0. The van der Waals surface area contributed by atoms with Gasteiger partial charge in [-0.1, -0.05) is 42.5 Å². The molecule has 1 N–H and O–H groups in total. The number of aromatic nitrogens is 4. The van der Waals surface area contributed by atoms with Crippen LogP contribution in [0.3, 0.4) is 0 Å². The lowest BCUT2D eigenvalue weighted by molar-refractivity contribution is -0.122. The molecular formula is C22H20FN5O. The van der Waals surface area contributed by atoms with E-state index in [0.717, 1.165) is 5.56 Å². The first-order chi connectivity index (χ1) is 14.0. The average Bonchev–Trinajstić information content (AvgIpc) is 3.17. The number of hydrogen-bond acceptors (Lipinski definition) is 4. The highest BCUT2D eigenvalue weighted by atomic mass is 19.1. The number of carbonyl (C=O) groups excluding carboxylic acids is 1. The molecule has 2 atom stereocenters. The van der Waals surface area contributed by atoms with Gasteiger partial charge >= 0.3 is 0 Å². The van der Waals surface area contributed by atoms with Gasteiger partial charge in [0.1, 0.15) is 12.1 Å². The maximum absolute atomic E-state index is 14.0. The van der Waals surface area contributed by atoms with E-state index in [1.165, 1.54) is 16.9 Å². The Morgan fingerprint density at radius 3 is 2.55 bits per heavy atom. The summed E-state index contributed by atoms with van der Waals surface area (Å²) in [5, 5.41) is 7.34. The zero-order valence-corrected chi connectivity index (χ0v) is 16.1. The number of hydrogen-bond donors (Lipinski definition) is 1. The van der Waals surface area contributed by atoms with Crippen molar-refractivity contribution >= 4 is 11.6 Å². The van der Waals surface area contributed by atoms with Crippen LogP contribution in [0.4, 0.5) is 4.39 Å². The normalized spacial score (nSPS) is 13.2. The third-order valence-electron chi connectivity index (χ3n) is 4.83. The fourth-order valence-corrected chi connectivity index (χ4v) is 3.11. The van der Waals surface area contributed by atoms with Crippen LogP contribution in [0.1, 0.15) is 37.2 Å². The molecule has 0 saturated carbocycles. The number of benzene rings is 2. The lowest BCUT2D eigenvalue weighted by Gasteiger charge is -2.15. The van der Waals surface area contributed by atoms with Crippen molar-refractivity contribution in [2.45, 2.75) is 25.8 Å². The van der Waals surface area contributed by atoms with Crippen LogP contribution in [0.2, 0.25) is 0 Å². The molecular weight excluding hydrogens is 369 g/mol. The molecule has 0 spiro atoms. The molecule has 0 aliphatic rings. The van der Waals surface area contributed by atoms with E-state index in [0.29, 0.717) is 22.7 Å². The van der Waals surface area contributed by atoms with Crippen LogP contribution in [0.25, 0.3) is 16.9 Å². The Bertz CT molecular complexity index is 1160. The first-order valence-electron chi connectivity index (χ1n) is 9.35. The summed E-state index contributed by atoms with van der Waals surface area (Å²) in [5.41, 5.74) is 2.35. The number of amides is 1. The summed E-state index contributed by atoms with van der Waals surface area (Å²) in [7, 11) is 0. The molecule has 0 bridgehead atoms. The third-order valence-corrected chi connectivity index (χ3v) is 4.83. The second kappa shape index (κ2) is 7.79. The summed E-state index contributed by atoms with van der Waals surface area (Å²) < 4.78 is 15.6. The molecule has 2 aromatic carbocycles. The molecule has 0 fully saturated rings. The van der Waals surface area contributed by atoms with Crippen LogP contribution in [-0.2, 0) is 4.79 Å². The van der Waals surface area contributed by atoms with Crippen LogP contribution in [0.15, 0.2) is 67.0 Å². The monoisotopic (exact) mass is 389 g/mol. The summed E-state index contributed by atoms with van der Waals surface area (Å²) in [6, 6.07) is 17.3. The Labute approximate surface area is 167 Å². The van der Waals surface area contributed by atoms with E-state index < -0.39 is 0 Å². The van der Waals surface area contributed by atoms with Gasteiger partial charge in [-0.15, -0.1) is 5.10 Å². The minimum absolute atomic E-state index is 0.104. The highest BCUT2D eigenvalue weighted by Crippen LogP contribution is 2.22. The van der Waals surface area contributed by atoms with Gasteiger partial charge in [0.2, 0.25) is 5.91 Å². The van der Waals surface area contributed by atoms with Gasteiger partial charge in [-0.2, -0.15) is 0 Å². The summed E-state index contributed by atoms with van der Waals surface area (Å²) in [6.45, 7) is 3.69. The molecule has 1 amide bonds. The molecule has 0 aliphatic carbocycles. The molecule has 6 nitrogen and oxygen atoms in total. The molecule has 4 rings (SSSR count). The van der Waals surface area contributed by atoms with Gasteiger partial charge in [-0.05, 0) is 31.5 Å². The lowest BCUT2D eigenvalue weighted by Crippen LogP contribution is -2.31. The molecule has 29 heavy (non-hydrogen) atoms. The van der Waals surface area contributed by atoms with E-state index in [1.54, 1.807) is 24.3 Å². The van der Waals surface area contributed by atoms with Crippen LogP contribution >= 0.6 is 0 Å². The Morgan fingerprint density at radius 1 is 1.07 bits per heavy atom. The lowest BCUT2D eigenvalue weighted by atomic mass is 10.0. The van der Waals surface area contributed by atoms with Gasteiger partial charge in [-0.3, -0.25) is 4.79 Å². The second-order valence-electron chi connectivity index (χ2n) is 6.89. The number of rotatable bonds is 5. The van der Waals surface area contributed by atoms with E-state index in [-0.39, 0.29) is 23.7 Å². The van der Waals surface area contributed by atoms with E-state index in [1.807, 2.05) is 44.2 Å². The van der Waals surface area contributed by atoms with Gasteiger partial charge in [0.05, 0.1) is 17.7 Å². The fourth-order valence-electron chi connectivity index (χ4n) is 3.11. The summed E-state index contributed by atoms with van der Waals surface area (Å²) in [5.74, 6) is -0.275. The molecule has 0 aliphatic heterocycles. The van der Waals surface area contributed by atoms with Crippen molar-refractivity contribution < 1.29 is 9.18 Å². The fraction of sp³-hybridized carbons (Fsp3) is 0.182. The molecule has 0 saturated heterocycles. The standard InChI is InChI=1S/C22H20FN5O/c1-14(16-8-4-3-5-9-16)22(29)25-15(2)21-26-20-12-19(24-13-28(20)27-21)17-10-6-7-11-18(17)23/h3-15H,1-2H3,(H,25,29)/t14?,15-/m0/s1. The van der Waals surface area contributed by atoms with Crippen LogP contribution in [-0.4, -0.2) is 25.5 Å². The van der Waals surface area contributed by atoms with Crippen LogP contribution < -0.4 is 5.32 Å². The maximum atomic E-state index is 14.0. The third kappa shape index (κ3) is 3.85. The van der Waals surface area contributed by atoms with Crippen molar-refractivity contribution in [3.63, 3.8) is 0 Å². The van der Waals surface area contributed by atoms with Crippen molar-refractivity contribution in [3.8, 4) is 11.3 Å². The van der Waals surface area contributed by atoms with Crippen molar-refractivity contribution in [3.05, 3.63) is 84.2 Å². The largest absolute Gasteiger partial charge is 0.346 e. The summed E-state index contributed by atoms with van der Waals surface area (Å²) in [6.07, 6.45) is 1.49. The topological polar surface area (TPSA) is 72.2 Å². The molecule has 1 unspecified atom stereocenters. The van der Waals surface area contributed by atoms with Gasteiger partial charge in [-0.25, -0.2) is 18.9 Å². The van der Waals surface area contributed by atoms with Crippen molar-refractivity contribution in [2.75, 3.05) is 0 Å². The van der Waals surface area contributed by atoms with Crippen molar-refractivity contribution in [1.29, 1.82) is 0 Å². The van der Waals surface area contributed by atoms with Crippen LogP contribution in [0.5, 0.6) is 0 Å². The molecule has 2 heterocycles. The zero-order chi connectivity index (χ0) is 20.4. The molecule has 4 aromatic rings. The molecule has 146 valence electrons. The van der Waals surface area contributed by atoms with Crippen LogP contribution in [0, 0.1) is 5.82 Å². The predicted octanol–water partition coefficient (Wildman–Crippen LogP) is 3.91. The maximum Gasteiger partial charge on any atom is 0.227 e. The first-order valence-corrected chi connectivity index (χ1v) is 9.35. The Kier molecular flexibility index (Phi) is 5.03. The zero-order valence-electron chi connectivity index (χ0n) is 16.1. The van der Waals surface area contributed by atoms with Gasteiger partial charge in [0.25, 0.3) is 0 Å². The number of carbonyl (C=O) groups is 1. The Balaban J connectivity index is 1.55. The average molecular weight is 389 g/mol. The van der Waals surface area contributed by atoms with E-state index in [9.17, 15) is 9.18 Å².